The Morgan fingerprint density at radius 3 is 2.55 bits per heavy atom. The molecule has 1 unspecified atom stereocenters. The monoisotopic (exact) mass is 469 g/mol. The van der Waals surface area contributed by atoms with Crippen molar-refractivity contribution in [3.63, 3.8) is 0 Å². The maximum Gasteiger partial charge on any atom is 0.245 e. The molecule has 3 nitrogen and oxygen atoms in total. The number of carbonyl (C=O) groups excluding carboxylic acids is 1. The highest BCUT2D eigenvalue weighted by Gasteiger charge is 2.33. The molecule has 154 valence electrons. The summed E-state index contributed by atoms with van der Waals surface area (Å²) in [5, 5.41) is 0.740. The molecule has 31 heavy (non-hydrogen) atoms. The average Bonchev–Trinajstić information content (AvgIpc) is 2.75. The molecule has 0 fully saturated rings. The van der Waals surface area contributed by atoms with Crippen LogP contribution < -0.4 is 4.72 Å². The number of anilines is 1. The van der Waals surface area contributed by atoms with E-state index in [0.29, 0.717) is 38.8 Å². The second-order valence-electron chi connectivity index (χ2n) is 6.75. The number of allylic oxidation sites excluding steroid dienone is 1. The van der Waals surface area contributed by atoms with Crippen LogP contribution in [-0.4, -0.2) is 10.3 Å². The van der Waals surface area contributed by atoms with Gasteiger partial charge in [0.05, 0.1) is 21.3 Å². The zero-order valence-electron chi connectivity index (χ0n) is 15.9. The third kappa shape index (κ3) is 4.95. The number of rotatable bonds is 2. The van der Waals surface area contributed by atoms with E-state index >= 15 is 0 Å². The number of halogens is 3. The van der Waals surface area contributed by atoms with Gasteiger partial charge in [-0.25, -0.2) is 9.11 Å². The van der Waals surface area contributed by atoms with Crippen molar-refractivity contribution >= 4 is 52.1 Å². The summed E-state index contributed by atoms with van der Waals surface area (Å²) in [6, 6.07) is 16.2. The molecule has 1 N–H and O–H groups in total. The quantitative estimate of drug-likeness (QED) is 0.282. The summed E-state index contributed by atoms with van der Waals surface area (Å²) in [7, 11) is 0. The molecule has 0 spiro atoms. The Kier molecular flexibility index (Phi) is 6.35. The molecule has 4 rings (SSSR count). The minimum Gasteiger partial charge on any atom is -0.588 e. The van der Waals surface area contributed by atoms with Crippen molar-refractivity contribution in [3.05, 3.63) is 104 Å². The van der Waals surface area contributed by atoms with Crippen molar-refractivity contribution in [1.29, 1.82) is 0 Å². The van der Waals surface area contributed by atoms with Gasteiger partial charge in [0.15, 0.2) is 0 Å². The van der Waals surface area contributed by atoms with Crippen LogP contribution >= 0.6 is 23.2 Å². The number of carbonyl (C=O) groups is 1. The smallest absolute Gasteiger partial charge is 0.245 e. The van der Waals surface area contributed by atoms with Gasteiger partial charge in [0.1, 0.15) is 17.2 Å². The number of Topliss-reactive ketones (excluding diaryl/α,β-unsaturated/α-hetero) is 1. The molecule has 7 heteroatoms. The summed E-state index contributed by atoms with van der Waals surface area (Å²) in [6.45, 7) is 0. The fourth-order valence-electron chi connectivity index (χ4n) is 2.99. The first-order valence-electron chi connectivity index (χ1n) is 9.18. The third-order valence-corrected chi connectivity index (χ3v) is 6.42. The highest BCUT2D eigenvalue weighted by atomic mass is 35.5. The van der Waals surface area contributed by atoms with Crippen molar-refractivity contribution < 1.29 is 13.7 Å². The van der Waals surface area contributed by atoms with Crippen LogP contribution in [0.1, 0.15) is 27.0 Å². The molecule has 3 aromatic carbocycles. The van der Waals surface area contributed by atoms with Crippen molar-refractivity contribution in [2.75, 3.05) is 4.72 Å². The van der Waals surface area contributed by atoms with Gasteiger partial charge in [0.25, 0.3) is 0 Å². The highest BCUT2D eigenvalue weighted by molar-refractivity contribution is 7.97. The Bertz CT molecular complexity index is 1260. The Labute approximate surface area is 192 Å². The summed E-state index contributed by atoms with van der Waals surface area (Å²) < 4.78 is 28.4. The van der Waals surface area contributed by atoms with Gasteiger partial charge in [-0.3, -0.25) is 4.79 Å². The van der Waals surface area contributed by atoms with E-state index in [1.165, 1.54) is 18.2 Å². The molecule has 0 saturated carbocycles. The number of ketones is 1. The van der Waals surface area contributed by atoms with Crippen LogP contribution in [0.25, 0.3) is 6.08 Å². The van der Waals surface area contributed by atoms with Crippen LogP contribution in [0.15, 0.2) is 65.6 Å². The van der Waals surface area contributed by atoms with Crippen LogP contribution in [-0.2, 0) is 17.8 Å². The van der Waals surface area contributed by atoms with E-state index in [4.69, 9.17) is 23.2 Å². The number of nitrogens with one attached hydrogen (secondary N) is 1. The van der Waals surface area contributed by atoms with Gasteiger partial charge in [0.2, 0.25) is 10.7 Å². The van der Waals surface area contributed by atoms with E-state index in [1.807, 2.05) is 0 Å². The maximum atomic E-state index is 13.0. The molecule has 1 heterocycles. The average molecular weight is 470 g/mol. The molecule has 0 aromatic heterocycles. The molecule has 0 bridgehead atoms. The number of hydrogen-bond donors (Lipinski definition) is 1. The summed E-state index contributed by atoms with van der Waals surface area (Å²) in [5.74, 6) is 5.40. The standard InChI is InChI=1S/C24H14Cl2FNO2S/c25-20-10-6-17(13-21(20)26)14-23-24(29)19-12-16(7-11-22(19)28-31(23)30)3-1-2-15-4-8-18(27)9-5-15/h4-14,28H,2H2/b23-14+. The van der Waals surface area contributed by atoms with Crippen LogP contribution in [0.4, 0.5) is 10.1 Å². The third-order valence-electron chi connectivity index (χ3n) is 4.57. The van der Waals surface area contributed by atoms with Crippen LogP contribution in [0.3, 0.4) is 0 Å². The molecular weight excluding hydrogens is 456 g/mol. The summed E-state index contributed by atoms with van der Waals surface area (Å²) in [6.07, 6.45) is 1.99. The molecule has 1 aliphatic heterocycles. The lowest BCUT2D eigenvalue weighted by molar-refractivity contribution is 0.104. The van der Waals surface area contributed by atoms with E-state index in [2.05, 4.69) is 16.6 Å². The lowest BCUT2D eigenvalue weighted by Crippen LogP contribution is -2.27. The van der Waals surface area contributed by atoms with E-state index in [1.54, 1.807) is 48.5 Å². The first kappa shape index (κ1) is 21.5. The fourth-order valence-corrected chi connectivity index (χ4v) is 4.31. The van der Waals surface area contributed by atoms with Gasteiger partial charge in [0, 0.05) is 18.1 Å². The second kappa shape index (κ2) is 9.17. The fraction of sp³-hybridized carbons (Fsp3) is 0.0417. The minimum atomic E-state index is -1.70. The van der Waals surface area contributed by atoms with Crippen LogP contribution in [0, 0.1) is 17.7 Å². The zero-order chi connectivity index (χ0) is 22.0. The number of fused-ring (bicyclic) bond motifs is 1. The van der Waals surface area contributed by atoms with E-state index < -0.39 is 11.4 Å². The van der Waals surface area contributed by atoms with Crippen molar-refractivity contribution in [2.45, 2.75) is 6.42 Å². The van der Waals surface area contributed by atoms with Crippen molar-refractivity contribution in [2.24, 2.45) is 0 Å². The van der Waals surface area contributed by atoms with Gasteiger partial charge in [-0.05, 0) is 53.6 Å². The topological polar surface area (TPSA) is 52.2 Å². The highest BCUT2D eigenvalue weighted by Crippen LogP contribution is 2.32. The van der Waals surface area contributed by atoms with Gasteiger partial charge < -0.3 is 4.55 Å². The first-order valence-corrected chi connectivity index (χ1v) is 11.1. The lowest BCUT2D eigenvalue weighted by atomic mass is 10.0. The minimum absolute atomic E-state index is 0.113. The Morgan fingerprint density at radius 2 is 1.81 bits per heavy atom. The Morgan fingerprint density at radius 1 is 1.03 bits per heavy atom. The molecular formula is C24H14Cl2FNO2S. The van der Waals surface area contributed by atoms with Crippen molar-refractivity contribution in [1.82, 2.24) is 0 Å². The predicted octanol–water partition coefficient (Wildman–Crippen LogP) is 6.04. The van der Waals surface area contributed by atoms with Crippen LogP contribution in [0.5, 0.6) is 0 Å². The number of hydrogen-bond acceptors (Lipinski definition) is 3. The van der Waals surface area contributed by atoms with E-state index in [-0.39, 0.29) is 16.5 Å². The zero-order valence-corrected chi connectivity index (χ0v) is 18.2. The SMILES string of the molecule is O=C1/C(=C\c2ccc(Cl)c(Cl)c2)[S+]([O-])Nc2ccc(C#CCc3ccc(F)cc3)cc21. The molecule has 1 aliphatic rings. The largest absolute Gasteiger partial charge is 0.588 e. The van der Waals surface area contributed by atoms with Gasteiger partial charge >= 0.3 is 0 Å². The van der Waals surface area contributed by atoms with Crippen molar-refractivity contribution in [3.8, 4) is 11.8 Å². The normalized spacial score (nSPS) is 16.3. The number of benzene rings is 3. The Balaban J connectivity index is 1.60. The first-order chi connectivity index (χ1) is 14.9. The van der Waals surface area contributed by atoms with Gasteiger partial charge in [-0.1, -0.05) is 53.2 Å². The molecule has 0 aliphatic carbocycles. The molecule has 1 atom stereocenters. The lowest BCUT2D eigenvalue weighted by Gasteiger charge is -2.21. The molecule has 0 amide bonds. The predicted molar refractivity (Wildman–Crippen MR) is 124 cm³/mol. The maximum absolute atomic E-state index is 13.0. The second-order valence-corrected chi connectivity index (χ2v) is 8.74. The molecule has 0 radical (unpaired) electrons. The molecule has 0 saturated heterocycles. The summed E-state index contributed by atoms with van der Waals surface area (Å²) >= 11 is 10.3. The van der Waals surface area contributed by atoms with Gasteiger partial charge in [-0.2, -0.15) is 0 Å². The van der Waals surface area contributed by atoms with E-state index in [0.717, 1.165) is 5.56 Å². The summed E-state index contributed by atoms with van der Waals surface area (Å²) in [5.41, 5.74) is 3.04. The molecule has 3 aromatic rings. The Hall–Kier alpha value is -2.75. The van der Waals surface area contributed by atoms with Crippen LogP contribution in [0.2, 0.25) is 10.0 Å². The summed E-state index contributed by atoms with van der Waals surface area (Å²) in [4.78, 5) is 13.1. The van der Waals surface area contributed by atoms with Gasteiger partial charge in [-0.15, -0.1) is 0 Å². The van der Waals surface area contributed by atoms with E-state index in [9.17, 15) is 13.7 Å².